The van der Waals surface area contributed by atoms with Crippen molar-refractivity contribution in [2.45, 2.75) is 16.7 Å². The summed E-state index contributed by atoms with van der Waals surface area (Å²) < 4.78 is 54.4. The zero-order chi connectivity index (χ0) is 23.1. The number of nitrogens with zero attached hydrogens (tertiary/aromatic N) is 2. The van der Waals surface area contributed by atoms with Gasteiger partial charge >= 0.3 is 0 Å². The minimum Gasteiger partial charge on any atom is -0.305 e. The van der Waals surface area contributed by atoms with Crippen molar-refractivity contribution < 1.29 is 21.6 Å². The lowest BCUT2D eigenvalue weighted by molar-refractivity contribution is -0.113. The van der Waals surface area contributed by atoms with Gasteiger partial charge in [0.2, 0.25) is 9.84 Å². The summed E-state index contributed by atoms with van der Waals surface area (Å²) in [6.07, 6.45) is 1.45. The summed E-state index contributed by atoms with van der Waals surface area (Å²) in [4.78, 5) is 16.6. The molecule has 0 saturated carbocycles. The van der Waals surface area contributed by atoms with Crippen LogP contribution in [0.25, 0.3) is 4.91 Å². The molecule has 3 aromatic rings. The maximum Gasteiger partial charge on any atom is 0.275 e. The number of nitrogens with one attached hydrogen (secondary N) is 1. The Balaban J connectivity index is 2.01. The van der Waals surface area contributed by atoms with Gasteiger partial charge in [0.25, 0.3) is 15.9 Å². The van der Waals surface area contributed by atoms with E-state index in [9.17, 15) is 21.6 Å². The molecule has 0 spiro atoms. The molecule has 4 rings (SSSR count). The second kappa shape index (κ2) is 7.88. The van der Waals surface area contributed by atoms with E-state index in [1.54, 1.807) is 24.3 Å². The van der Waals surface area contributed by atoms with Gasteiger partial charge in [0.15, 0.2) is 0 Å². The Hall–Kier alpha value is -3.50. The minimum absolute atomic E-state index is 0.0521. The molecule has 2 heterocycles. The van der Waals surface area contributed by atoms with Gasteiger partial charge in [-0.05, 0) is 37.3 Å². The van der Waals surface area contributed by atoms with Crippen LogP contribution in [0.15, 0.2) is 88.4 Å². The van der Waals surface area contributed by atoms with Crippen LogP contribution in [0, 0.1) is 6.92 Å². The first kappa shape index (κ1) is 21.7. The number of hydrogen-bond acceptors (Lipinski definition) is 6. The van der Waals surface area contributed by atoms with Gasteiger partial charge < -0.3 is 5.32 Å². The highest BCUT2D eigenvalue weighted by molar-refractivity contribution is 8.01. The average molecular weight is 470 g/mol. The number of aryl methyl sites for hydroxylation is 1. The summed E-state index contributed by atoms with van der Waals surface area (Å²) in [7, 11) is -7.27. The van der Waals surface area contributed by atoms with E-state index in [-0.39, 0.29) is 26.1 Å². The number of benzene rings is 2. The van der Waals surface area contributed by atoms with Gasteiger partial charge in [-0.3, -0.25) is 9.10 Å². The molecule has 8 nitrogen and oxygen atoms in total. The van der Waals surface area contributed by atoms with Crippen molar-refractivity contribution in [3.8, 4) is 0 Å². The summed E-state index contributed by atoms with van der Waals surface area (Å²) in [6, 6.07) is 16.7. The average Bonchev–Trinajstić information content (AvgIpc) is 2.77. The van der Waals surface area contributed by atoms with Gasteiger partial charge in [0.1, 0.15) is 16.4 Å². The van der Waals surface area contributed by atoms with Crippen LogP contribution in [-0.4, -0.2) is 39.1 Å². The highest BCUT2D eigenvalue weighted by Gasteiger charge is 2.42. The molecular weight excluding hydrogens is 450 g/mol. The van der Waals surface area contributed by atoms with E-state index in [4.69, 9.17) is 0 Å². The van der Waals surface area contributed by atoms with Crippen molar-refractivity contribution in [1.29, 1.82) is 0 Å². The SMILES string of the molecule is Cc1ccc(S(=O)(=O)C2=C(C(=O)Nc3ccccn3)N(C)S(=O)(=O)c3ccccc32)cc1. The lowest BCUT2D eigenvalue weighted by Crippen LogP contribution is -2.38. The van der Waals surface area contributed by atoms with Crippen LogP contribution >= 0.6 is 0 Å². The molecule has 1 aliphatic rings. The number of rotatable bonds is 4. The Morgan fingerprint density at radius 3 is 2.28 bits per heavy atom. The molecule has 164 valence electrons. The third kappa shape index (κ3) is 3.57. The lowest BCUT2D eigenvalue weighted by Gasteiger charge is -2.30. The molecule has 0 radical (unpaired) electrons. The third-order valence-electron chi connectivity index (χ3n) is 5.02. The topological polar surface area (TPSA) is 114 Å². The summed E-state index contributed by atoms with van der Waals surface area (Å²) >= 11 is 0. The first-order valence-corrected chi connectivity index (χ1v) is 12.4. The van der Waals surface area contributed by atoms with E-state index in [2.05, 4.69) is 10.3 Å². The largest absolute Gasteiger partial charge is 0.305 e. The molecule has 10 heteroatoms. The number of hydrogen-bond donors (Lipinski definition) is 1. The Kier molecular flexibility index (Phi) is 5.35. The Bertz CT molecular complexity index is 1450. The number of pyridine rings is 1. The number of carbonyl (C=O) groups is 1. The van der Waals surface area contributed by atoms with E-state index in [1.807, 2.05) is 6.92 Å². The van der Waals surface area contributed by atoms with Gasteiger partial charge in [-0.1, -0.05) is 42.0 Å². The highest BCUT2D eigenvalue weighted by atomic mass is 32.2. The number of sulfonamides is 1. The second-order valence-corrected chi connectivity index (χ2v) is 11.0. The zero-order valence-electron chi connectivity index (χ0n) is 17.2. The molecule has 1 N–H and O–H groups in total. The molecule has 32 heavy (non-hydrogen) atoms. The number of likely N-dealkylation sites (N-methyl/N-ethyl adjacent to an activating group) is 1. The monoisotopic (exact) mass is 469 g/mol. The van der Waals surface area contributed by atoms with Gasteiger partial charge in [-0.15, -0.1) is 0 Å². The van der Waals surface area contributed by atoms with Crippen LogP contribution in [0.4, 0.5) is 5.82 Å². The standard InChI is InChI=1S/C22H19N3O5S2/c1-15-10-12-16(13-11-15)31(27,28)21-17-7-3-4-8-18(17)32(29,30)25(2)20(21)22(26)24-19-9-5-6-14-23-19/h3-14H,1-2H3,(H,23,24,26). The molecule has 0 bridgehead atoms. The second-order valence-electron chi connectivity index (χ2n) is 7.13. The Morgan fingerprint density at radius 2 is 1.62 bits per heavy atom. The van der Waals surface area contributed by atoms with Crippen LogP contribution in [0.1, 0.15) is 11.1 Å². The molecule has 0 atom stereocenters. The Labute approximate surface area is 186 Å². The first-order chi connectivity index (χ1) is 15.1. The quantitative estimate of drug-likeness (QED) is 0.629. The van der Waals surface area contributed by atoms with Crippen LogP contribution in [-0.2, 0) is 24.7 Å². The van der Waals surface area contributed by atoms with E-state index < -0.39 is 31.5 Å². The predicted molar refractivity (Wildman–Crippen MR) is 120 cm³/mol. The van der Waals surface area contributed by atoms with Crippen LogP contribution in [0.3, 0.4) is 0 Å². The fourth-order valence-electron chi connectivity index (χ4n) is 3.38. The van der Waals surface area contributed by atoms with Gasteiger partial charge in [0.05, 0.1) is 9.79 Å². The molecule has 1 aliphatic heterocycles. The van der Waals surface area contributed by atoms with Gasteiger partial charge in [-0.2, -0.15) is 0 Å². The van der Waals surface area contributed by atoms with E-state index in [0.717, 1.165) is 12.6 Å². The molecule has 1 aromatic heterocycles. The number of aromatic nitrogens is 1. The fourth-order valence-corrected chi connectivity index (χ4v) is 6.60. The number of amides is 1. The number of carbonyl (C=O) groups excluding carboxylic acids is 1. The molecule has 0 unspecified atom stereocenters. The first-order valence-electron chi connectivity index (χ1n) is 9.51. The van der Waals surface area contributed by atoms with Crippen molar-refractivity contribution in [2.24, 2.45) is 0 Å². The highest BCUT2D eigenvalue weighted by Crippen LogP contribution is 2.41. The smallest absolute Gasteiger partial charge is 0.275 e. The van der Waals surface area contributed by atoms with Gasteiger partial charge in [0, 0.05) is 18.8 Å². The molecule has 0 aliphatic carbocycles. The maximum atomic E-state index is 13.7. The van der Waals surface area contributed by atoms with Crippen molar-refractivity contribution >= 4 is 36.5 Å². The Morgan fingerprint density at radius 1 is 0.969 bits per heavy atom. The minimum atomic E-state index is -4.27. The summed E-state index contributed by atoms with van der Waals surface area (Å²) in [5.74, 6) is -0.753. The van der Waals surface area contributed by atoms with Crippen LogP contribution in [0.2, 0.25) is 0 Å². The number of sulfone groups is 1. The van der Waals surface area contributed by atoms with Crippen molar-refractivity contribution in [3.05, 3.63) is 89.8 Å². The molecular formula is C22H19N3O5S2. The van der Waals surface area contributed by atoms with E-state index in [0.29, 0.717) is 4.31 Å². The zero-order valence-corrected chi connectivity index (χ0v) is 18.8. The summed E-state index contributed by atoms with van der Waals surface area (Å²) in [6.45, 7) is 1.82. The third-order valence-corrected chi connectivity index (χ3v) is 8.68. The van der Waals surface area contributed by atoms with Crippen LogP contribution < -0.4 is 5.32 Å². The van der Waals surface area contributed by atoms with E-state index >= 15 is 0 Å². The summed E-state index contributed by atoms with van der Waals surface area (Å²) in [5, 5.41) is 2.49. The fraction of sp³-hybridized carbons (Fsp3) is 0.0909. The van der Waals surface area contributed by atoms with Crippen molar-refractivity contribution in [1.82, 2.24) is 9.29 Å². The number of anilines is 1. The van der Waals surface area contributed by atoms with Crippen molar-refractivity contribution in [2.75, 3.05) is 12.4 Å². The van der Waals surface area contributed by atoms with Crippen molar-refractivity contribution in [3.63, 3.8) is 0 Å². The van der Waals surface area contributed by atoms with Crippen LogP contribution in [0.5, 0.6) is 0 Å². The molecule has 1 amide bonds. The molecule has 2 aromatic carbocycles. The normalized spacial score (nSPS) is 15.2. The summed E-state index contributed by atoms with van der Waals surface area (Å²) in [5.41, 5.74) is 0.294. The maximum absolute atomic E-state index is 13.7. The molecule has 0 fully saturated rings. The van der Waals surface area contributed by atoms with E-state index in [1.165, 1.54) is 48.7 Å². The number of fused-ring (bicyclic) bond motifs is 1. The van der Waals surface area contributed by atoms with Gasteiger partial charge in [-0.25, -0.2) is 21.8 Å². The molecule has 0 saturated heterocycles. The lowest BCUT2D eigenvalue weighted by atomic mass is 10.1. The predicted octanol–water partition coefficient (Wildman–Crippen LogP) is 2.81.